The van der Waals surface area contributed by atoms with Crippen molar-refractivity contribution in [3.8, 4) is 22.6 Å². The lowest BCUT2D eigenvalue weighted by atomic mass is 9.92. The molecule has 5 nitrogen and oxygen atoms in total. The van der Waals surface area contributed by atoms with E-state index in [-0.39, 0.29) is 20.2 Å². The number of nitrogens with one attached hydrogen (secondary N) is 1. The van der Waals surface area contributed by atoms with Gasteiger partial charge < -0.3 is 14.8 Å². The summed E-state index contributed by atoms with van der Waals surface area (Å²) in [5.41, 5.74) is 6.52. The zero-order chi connectivity index (χ0) is 28.0. The first-order valence-corrected chi connectivity index (χ1v) is 14.5. The van der Waals surface area contributed by atoms with Gasteiger partial charge in [0.25, 0.3) is 5.91 Å². The highest BCUT2D eigenvalue weighted by molar-refractivity contribution is 5.94. The second-order valence-corrected chi connectivity index (χ2v) is 11.4. The van der Waals surface area contributed by atoms with Gasteiger partial charge in [-0.1, -0.05) is 68.5 Å². The largest absolute Gasteiger partial charge is 0.454 e. The summed E-state index contributed by atoms with van der Waals surface area (Å²) in [4.78, 5) is 25.0. The van der Waals surface area contributed by atoms with E-state index < -0.39 is 0 Å². The summed E-state index contributed by atoms with van der Waals surface area (Å²) in [6, 6.07) is 21.7. The number of benzene rings is 3. The molecule has 2 aliphatic carbocycles. The minimum Gasteiger partial charge on any atom is -0.454 e. The third kappa shape index (κ3) is 7.87. The smallest absolute Gasteiger partial charge is 0.251 e. The Morgan fingerprint density at radius 3 is 2.29 bits per heavy atom. The molecule has 41 heavy (non-hydrogen) atoms. The first kappa shape index (κ1) is 30.1. The predicted octanol–water partition coefficient (Wildman–Crippen LogP) is 8.49. The molecule has 0 atom stereocenters. The number of allylic oxidation sites excluding steroid dienone is 1. The van der Waals surface area contributed by atoms with Crippen LogP contribution in [0.25, 0.3) is 11.1 Å². The molecule has 1 fully saturated rings. The van der Waals surface area contributed by atoms with Crippen LogP contribution in [-0.4, -0.2) is 25.0 Å². The average molecular weight is 556 g/mol. The summed E-state index contributed by atoms with van der Waals surface area (Å²) in [5, 5.41) is 3.05. The second kappa shape index (κ2) is 13.7. The number of para-hydroxylation sites is 2. The highest BCUT2D eigenvalue weighted by Crippen LogP contribution is 2.46. The van der Waals surface area contributed by atoms with Crippen LogP contribution in [-0.2, 0) is 11.2 Å². The van der Waals surface area contributed by atoms with Crippen LogP contribution in [0.5, 0.6) is 11.5 Å². The van der Waals surface area contributed by atoms with Gasteiger partial charge in [0.1, 0.15) is 5.78 Å². The van der Waals surface area contributed by atoms with Crippen LogP contribution in [0.4, 0.5) is 0 Å². The van der Waals surface area contributed by atoms with Crippen LogP contribution < -0.4 is 14.8 Å². The van der Waals surface area contributed by atoms with E-state index in [1.54, 1.807) is 0 Å². The fourth-order valence-electron chi connectivity index (χ4n) is 5.17. The third-order valence-corrected chi connectivity index (χ3v) is 8.19. The number of hydrogen-bond acceptors (Lipinski definition) is 4. The fourth-order valence-corrected chi connectivity index (χ4v) is 5.17. The van der Waals surface area contributed by atoms with Gasteiger partial charge in [-0.25, -0.2) is 0 Å². The van der Waals surface area contributed by atoms with E-state index in [4.69, 9.17) is 9.47 Å². The molecule has 3 aromatic carbocycles. The van der Waals surface area contributed by atoms with Gasteiger partial charge in [-0.15, -0.1) is 0 Å². The molecule has 218 valence electrons. The number of rotatable bonds is 8. The van der Waals surface area contributed by atoms with E-state index in [9.17, 15) is 9.59 Å². The molecule has 5 heteroatoms. The van der Waals surface area contributed by atoms with Crippen LogP contribution in [0.2, 0.25) is 0 Å². The van der Waals surface area contributed by atoms with Crippen molar-refractivity contribution in [3.05, 3.63) is 95.1 Å². The van der Waals surface area contributed by atoms with Crippen LogP contribution >= 0.6 is 0 Å². The second-order valence-electron chi connectivity index (χ2n) is 11.4. The summed E-state index contributed by atoms with van der Waals surface area (Å²) in [6.45, 7) is 5.21. The lowest BCUT2D eigenvalue weighted by Gasteiger charge is -2.13. The molecular weight excluding hydrogens is 510 g/mol. The number of amides is 1. The quantitative estimate of drug-likeness (QED) is 0.283. The molecule has 0 bridgehead atoms. The van der Waals surface area contributed by atoms with E-state index in [0.29, 0.717) is 31.1 Å². The summed E-state index contributed by atoms with van der Waals surface area (Å²) < 4.78 is 10.2. The fraction of sp³-hybridized carbons (Fsp3) is 0.389. The molecule has 1 heterocycles. The number of fused-ring (bicyclic) bond motifs is 1. The first-order chi connectivity index (χ1) is 19.4. The summed E-state index contributed by atoms with van der Waals surface area (Å²) in [6.07, 6.45) is 10.7. The van der Waals surface area contributed by atoms with Crippen molar-refractivity contribution in [1.29, 1.82) is 0 Å². The normalized spacial score (nSPS) is 15.9. The van der Waals surface area contributed by atoms with Gasteiger partial charge >= 0.3 is 0 Å². The van der Waals surface area contributed by atoms with E-state index in [1.165, 1.54) is 36.8 Å². The third-order valence-electron chi connectivity index (χ3n) is 8.19. The van der Waals surface area contributed by atoms with Crippen molar-refractivity contribution in [2.45, 2.75) is 72.6 Å². The number of ketones is 1. The number of ether oxygens (including phenoxy) is 2. The lowest BCUT2D eigenvalue weighted by Crippen LogP contribution is -2.24. The number of carbonyl (C=O) groups is 2. The monoisotopic (exact) mass is 555 g/mol. The molecule has 1 aliphatic heterocycles. The molecule has 0 spiro atoms. The van der Waals surface area contributed by atoms with Gasteiger partial charge in [0.05, 0.1) is 0 Å². The van der Waals surface area contributed by atoms with Crippen molar-refractivity contribution in [3.63, 3.8) is 0 Å². The number of carbonyl (C=O) groups excluding carboxylic acids is 2. The maximum atomic E-state index is 12.5. The molecule has 1 N–H and O–H groups in total. The minimum absolute atomic E-state index is 0. The predicted molar refractivity (Wildman–Crippen MR) is 168 cm³/mol. The molecule has 1 saturated carbocycles. The summed E-state index contributed by atoms with van der Waals surface area (Å²) >= 11 is 0. The van der Waals surface area contributed by atoms with Crippen LogP contribution in [0, 0.1) is 12.3 Å². The molecule has 3 aliphatic rings. The van der Waals surface area contributed by atoms with Gasteiger partial charge in [-0.05, 0) is 98.4 Å². The van der Waals surface area contributed by atoms with Crippen LogP contribution in [0.1, 0.15) is 82.2 Å². The Morgan fingerprint density at radius 1 is 0.951 bits per heavy atom. The van der Waals surface area contributed by atoms with Gasteiger partial charge in [0, 0.05) is 25.4 Å². The molecular formula is C36H45NO4. The van der Waals surface area contributed by atoms with E-state index >= 15 is 0 Å². The molecule has 1 amide bonds. The Bertz CT molecular complexity index is 1370. The highest BCUT2D eigenvalue weighted by Gasteiger charge is 2.43. The molecule has 0 radical (unpaired) electrons. The Balaban J connectivity index is 0.000000373. The number of hydrogen-bond donors (Lipinski definition) is 1. The molecule has 6 rings (SSSR count). The SMILES string of the molecule is C.Cc1ccc(CC(=O)C2(C)CC2)cc1-c1ccc(C(=O)NCCC2=CCCCC2)cc1.[HH].c1ccc2c(c1)OCO2. The van der Waals surface area contributed by atoms with Crippen molar-refractivity contribution >= 4 is 11.7 Å². The first-order valence-electron chi connectivity index (χ1n) is 14.5. The Kier molecular flexibility index (Phi) is 10.0. The standard InChI is InChI=1S/C28H33NO2.C7H6O2.CH4.H2/c1-20-8-9-22(19-26(30)28(2)15-16-28)18-25(20)23-10-12-24(13-11-23)27(31)29-17-14-21-6-4-3-5-7-21;1-2-4-7-6(3-1)8-5-9-7;;/h6,8-13,18H,3-5,7,14-17,19H2,1-2H3,(H,29,31);1-4H,5H2;1H4;1H. The van der Waals surface area contributed by atoms with E-state index in [1.807, 2.05) is 48.5 Å². The van der Waals surface area contributed by atoms with Crippen molar-refractivity contribution in [1.82, 2.24) is 5.32 Å². The van der Waals surface area contributed by atoms with Crippen molar-refractivity contribution in [2.75, 3.05) is 13.3 Å². The van der Waals surface area contributed by atoms with Gasteiger partial charge in [0.2, 0.25) is 6.79 Å². The minimum atomic E-state index is -0.0897. The van der Waals surface area contributed by atoms with Crippen LogP contribution in [0.3, 0.4) is 0 Å². The highest BCUT2D eigenvalue weighted by atomic mass is 16.7. The average Bonchev–Trinajstić information content (AvgIpc) is 3.56. The molecule has 0 saturated heterocycles. The maximum absolute atomic E-state index is 12.5. The van der Waals surface area contributed by atoms with Gasteiger partial charge in [-0.3, -0.25) is 9.59 Å². The van der Waals surface area contributed by atoms with Crippen molar-refractivity contribution < 1.29 is 20.5 Å². The zero-order valence-corrected chi connectivity index (χ0v) is 23.6. The Morgan fingerprint density at radius 2 is 1.66 bits per heavy atom. The summed E-state index contributed by atoms with van der Waals surface area (Å²) in [7, 11) is 0. The lowest BCUT2D eigenvalue weighted by molar-refractivity contribution is -0.122. The molecule has 3 aromatic rings. The molecule has 0 unspecified atom stereocenters. The van der Waals surface area contributed by atoms with Crippen molar-refractivity contribution in [2.24, 2.45) is 5.41 Å². The van der Waals surface area contributed by atoms with Gasteiger partial charge in [0.15, 0.2) is 11.5 Å². The maximum Gasteiger partial charge on any atom is 0.251 e. The van der Waals surface area contributed by atoms with E-state index in [0.717, 1.165) is 47.5 Å². The Hall–Kier alpha value is -3.86. The van der Waals surface area contributed by atoms with Crippen LogP contribution in [0.15, 0.2) is 78.4 Å². The molecule has 0 aromatic heterocycles. The zero-order valence-electron chi connectivity index (χ0n) is 23.6. The number of Topliss-reactive ketones (excluding diaryl/α,β-unsaturated/α-hetero) is 1. The van der Waals surface area contributed by atoms with E-state index in [2.05, 4.69) is 43.4 Å². The Labute approximate surface area is 246 Å². The van der Waals surface area contributed by atoms with Gasteiger partial charge in [-0.2, -0.15) is 0 Å². The topological polar surface area (TPSA) is 64.6 Å². The number of aryl methyl sites for hydroxylation is 1. The summed E-state index contributed by atoms with van der Waals surface area (Å²) in [5.74, 6) is 2.02.